The average molecular weight is 237 g/mol. The quantitative estimate of drug-likeness (QED) is 0.445. The average Bonchev–Trinajstić information content (AvgIpc) is 2.25. The van der Waals surface area contributed by atoms with E-state index in [2.05, 4.69) is 27.2 Å². The van der Waals surface area contributed by atoms with E-state index in [4.69, 9.17) is 0 Å². The van der Waals surface area contributed by atoms with Gasteiger partial charge in [0.2, 0.25) is 11.6 Å². The van der Waals surface area contributed by atoms with Crippen molar-refractivity contribution in [3.63, 3.8) is 0 Å². The van der Waals surface area contributed by atoms with Crippen molar-refractivity contribution in [3.8, 4) is 0 Å². The molecule has 7 heteroatoms. The summed E-state index contributed by atoms with van der Waals surface area (Å²) in [5.41, 5.74) is -0.150. The molecule has 0 aliphatic carbocycles. The summed E-state index contributed by atoms with van der Waals surface area (Å²) in [6, 6.07) is 0.0517. The largest absolute Gasteiger partial charge is 0.362 e. The molecule has 0 saturated carbocycles. The highest BCUT2D eigenvalue weighted by molar-refractivity contribution is 5.69. The summed E-state index contributed by atoms with van der Waals surface area (Å²) in [5, 5.41) is 16.7. The first-order chi connectivity index (χ1) is 8.06. The molecule has 2 N–H and O–H groups in total. The van der Waals surface area contributed by atoms with E-state index >= 15 is 0 Å². The number of hydrogen-bond donors (Lipinski definition) is 2. The minimum atomic E-state index is -0.504. The number of rotatable bonds is 6. The van der Waals surface area contributed by atoms with Gasteiger partial charge in [-0.15, -0.1) is 6.58 Å². The number of nitrogens with zero attached hydrogens (tertiary/aromatic N) is 3. The second-order valence-electron chi connectivity index (χ2n) is 3.65. The van der Waals surface area contributed by atoms with Crippen molar-refractivity contribution in [2.75, 3.05) is 17.2 Å². The van der Waals surface area contributed by atoms with E-state index in [1.807, 2.05) is 13.8 Å². The van der Waals surface area contributed by atoms with Crippen molar-refractivity contribution in [3.05, 3.63) is 29.1 Å². The van der Waals surface area contributed by atoms with Gasteiger partial charge in [-0.2, -0.15) is 0 Å². The second kappa shape index (κ2) is 5.78. The number of hydrogen-bond acceptors (Lipinski definition) is 6. The van der Waals surface area contributed by atoms with Crippen LogP contribution in [0.15, 0.2) is 19.0 Å². The molecule has 7 nitrogen and oxygen atoms in total. The van der Waals surface area contributed by atoms with Crippen molar-refractivity contribution < 1.29 is 4.92 Å². The number of aromatic nitrogens is 2. The highest BCUT2D eigenvalue weighted by Crippen LogP contribution is 2.28. The van der Waals surface area contributed by atoms with Crippen LogP contribution in [0.25, 0.3) is 0 Å². The molecule has 1 rings (SSSR count). The van der Waals surface area contributed by atoms with Crippen LogP contribution in [0, 0.1) is 10.1 Å². The summed E-state index contributed by atoms with van der Waals surface area (Å²) in [6.45, 7) is 7.69. The lowest BCUT2D eigenvalue weighted by Gasteiger charge is -2.11. The maximum Gasteiger partial charge on any atom is 0.353 e. The molecule has 0 fully saturated rings. The SMILES string of the molecule is C=CCNc1ncnc(NC(C)C)c1[N+](=O)[O-]. The Morgan fingerprint density at radius 1 is 1.53 bits per heavy atom. The van der Waals surface area contributed by atoms with Crippen LogP contribution in [0.3, 0.4) is 0 Å². The first-order valence-electron chi connectivity index (χ1n) is 5.17. The van der Waals surface area contributed by atoms with Crippen molar-refractivity contribution in [2.24, 2.45) is 0 Å². The van der Waals surface area contributed by atoms with Gasteiger partial charge in [-0.25, -0.2) is 9.97 Å². The van der Waals surface area contributed by atoms with E-state index in [0.29, 0.717) is 6.54 Å². The molecule has 1 aromatic rings. The fourth-order valence-electron chi connectivity index (χ4n) is 1.23. The zero-order valence-corrected chi connectivity index (χ0v) is 9.80. The zero-order chi connectivity index (χ0) is 12.8. The Bertz CT molecular complexity index is 419. The van der Waals surface area contributed by atoms with Crippen LogP contribution in [0.5, 0.6) is 0 Å². The molecular weight excluding hydrogens is 222 g/mol. The van der Waals surface area contributed by atoms with E-state index in [1.54, 1.807) is 6.08 Å². The molecule has 1 aromatic heterocycles. The van der Waals surface area contributed by atoms with E-state index < -0.39 is 4.92 Å². The van der Waals surface area contributed by atoms with Crippen LogP contribution < -0.4 is 10.6 Å². The lowest BCUT2D eigenvalue weighted by atomic mass is 10.3. The molecular formula is C10H15N5O2. The van der Waals surface area contributed by atoms with Gasteiger partial charge >= 0.3 is 5.69 Å². The highest BCUT2D eigenvalue weighted by Gasteiger charge is 2.22. The predicted molar refractivity (Wildman–Crippen MR) is 66.1 cm³/mol. The first kappa shape index (κ1) is 12.9. The first-order valence-corrected chi connectivity index (χ1v) is 5.17. The van der Waals surface area contributed by atoms with Crippen molar-refractivity contribution in [1.29, 1.82) is 0 Å². The molecule has 0 aliphatic rings. The molecule has 0 aromatic carbocycles. The molecule has 17 heavy (non-hydrogen) atoms. The maximum absolute atomic E-state index is 11.0. The molecule has 0 radical (unpaired) electrons. The lowest BCUT2D eigenvalue weighted by Crippen LogP contribution is -2.14. The van der Waals surface area contributed by atoms with Crippen molar-refractivity contribution in [1.82, 2.24) is 9.97 Å². The minimum Gasteiger partial charge on any atom is -0.362 e. The minimum absolute atomic E-state index is 0.0517. The predicted octanol–water partition coefficient (Wildman–Crippen LogP) is 1.80. The molecule has 0 aliphatic heterocycles. The Morgan fingerprint density at radius 2 is 2.18 bits per heavy atom. The molecule has 0 amide bonds. The monoisotopic (exact) mass is 237 g/mol. The van der Waals surface area contributed by atoms with Crippen molar-refractivity contribution >= 4 is 17.3 Å². The van der Waals surface area contributed by atoms with Crippen LogP contribution in [0.2, 0.25) is 0 Å². The van der Waals surface area contributed by atoms with Gasteiger partial charge in [0.15, 0.2) is 0 Å². The third-order valence-electron chi connectivity index (χ3n) is 1.84. The number of nitro groups is 1. The summed E-state index contributed by atoms with van der Waals surface area (Å²) in [7, 11) is 0. The van der Waals surface area contributed by atoms with Gasteiger partial charge in [-0.1, -0.05) is 6.08 Å². The summed E-state index contributed by atoms with van der Waals surface area (Å²) < 4.78 is 0. The summed E-state index contributed by atoms with van der Waals surface area (Å²) in [5.74, 6) is 0.402. The van der Waals surface area contributed by atoms with Crippen LogP contribution in [-0.2, 0) is 0 Å². The molecule has 0 saturated heterocycles. The molecule has 0 atom stereocenters. The Kier molecular flexibility index (Phi) is 4.38. The summed E-state index contributed by atoms with van der Waals surface area (Å²) in [4.78, 5) is 18.2. The van der Waals surface area contributed by atoms with Crippen LogP contribution >= 0.6 is 0 Å². The van der Waals surface area contributed by atoms with E-state index in [9.17, 15) is 10.1 Å². The molecule has 1 heterocycles. The van der Waals surface area contributed by atoms with Crippen LogP contribution in [-0.4, -0.2) is 27.5 Å². The summed E-state index contributed by atoms with van der Waals surface area (Å²) in [6.07, 6.45) is 2.88. The van der Waals surface area contributed by atoms with Gasteiger partial charge in [-0.3, -0.25) is 10.1 Å². The van der Waals surface area contributed by atoms with Crippen LogP contribution in [0.1, 0.15) is 13.8 Å². The lowest BCUT2D eigenvalue weighted by molar-refractivity contribution is -0.383. The Labute approximate surface area is 99.1 Å². The van der Waals surface area contributed by atoms with E-state index in [1.165, 1.54) is 6.33 Å². The van der Waals surface area contributed by atoms with Gasteiger partial charge in [0.1, 0.15) is 6.33 Å². The standard InChI is InChI=1S/C10H15N5O2/c1-4-5-11-9-8(15(16)17)10(13-6-12-9)14-7(2)3/h4,6-7H,1,5H2,2-3H3,(H2,11,12,13,14). The number of nitrogens with one attached hydrogen (secondary N) is 2. The highest BCUT2D eigenvalue weighted by atomic mass is 16.6. The van der Waals surface area contributed by atoms with Gasteiger partial charge in [0.25, 0.3) is 0 Å². The second-order valence-corrected chi connectivity index (χ2v) is 3.65. The van der Waals surface area contributed by atoms with Gasteiger partial charge in [0, 0.05) is 12.6 Å². The van der Waals surface area contributed by atoms with Crippen molar-refractivity contribution in [2.45, 2.75) is 19.9 Å². The van der Waals surface area contributed by atoms with Crippen LogP contribution in [0.4, 0.5) is 17.3 Å². The van der Waals surface area contributed by atoms with E-state index in [0.717, 1.165) is 0 Å². The Hall–Kier alpha value is -2.18. The summed E-state index contributed by atoms with van der Waals surface area (Å²) >= 11 is 0. The third-order valence-corrected chi connectivity index (χ3v) is 1.84. The normalized spacial score (nSPS) is 10.1. The molecule has 92 valence electrons. The third kappa shape index (κ3) is 3.40. The Balaban J connectivity index is 3.12. The fourth-order valence-corrected chi connectivity index (χ4v) is 1.23. The molecule has 0 bridgehead atoms. The van der Waals surface area contributed by atoms with Gasteiger partial charge in [0.05, 0.1) is 4.92 Å². The zero-order valence-electron chi connectivity index (χ0n) is 9.80. The Morgan fingerprint density at radius 3 is 2.71 bits per heavy atom. The molecule has 0 unspecified atom stereocenters. The van der Waals surface area contributed by atoms with Gasteiger partial charge in [-0.05, 0) is 13.8 Å². The fraction of sp³-hybridized carbons (Fsp3) is 0.400. The van der Waals surface area contributed by atoms with E-state index in [-0.39, 0.29) is 23.4 Å². The number of anilines is 2. The molecule has 0 spiro atoms. The smallest absolute Gasteiger partial charge is 0.353 e. The maximum atomic E-state index is 11.0. The van der Waals surface area contributed by atoms with Gasteiger partial charge < -0.3 is 10.6 Å². The topological polar surface area (TPSA) is 93.0 Å².